The number of nitrogens with zero attached hydrogens (tertiary/aromatic N) is 3. The van der Waals surface area contributed by atoms with E-state index >= 15 is 0 Å². The largest absolute Gasteiger partial charge is 0.493 e. The Morgan fingerprint density at radius 2 is 2.04 bits per heavy atom. The molecule has 4 rings (SSSR count). The highest BCUT2D eigenvalue weighted by Crippen LogP contribution is 2.41. The summed E-state index contributed by atoms with van der Waals surface area (Å²) in [6.45, 7) is 8.40. The van der Waals surface area contributed by atoms with Gasteiger partial charge in [0.05, 0.1) is 18.0 Å². The topological polar surface area (TPSA) is 37.8 Å². The van der Waals surface area contributed by atoms with Crippen LogP contribution in [0.4, 0.5) is 11.5 Å². The van der Waals surface area contributed by atoms with Crippen LogP contribution in [-0.4, -0.2) is 38.6 Å². The molecule has 0 spiro atoms. The molecular formula is C21H27N3O2. The third-order valence-corrected chi connectivity index (χ3v) is 4.94. The van der Waals surface area contributed by atoms with Crippen LogP contribution in [0.25, 0.3) is 11.3 Å². The summed E-state index contributed by atoms with van der Waals surface area (Å²) in [6.07, 6.45) is 0.847. The number of hydrogen-bond acceptors (Lipinski definition) is 5. The van der Waals surface area contributed by atoms with E-state index in [1.807, 2.05) is 7.05 Å². The Morgan fingerprint density at radius 1 is 1.23 bits per heavy atom. The molecule has 0 aliphatic carbocycles. The molecule has 3 heterocycles. The first-order valence-electron chi connectivity index (χ1n) is 9.17. The summed E-state index contributed by atoms with van der Waals surface area (Å²) in [4.78, 5) is 9.38. The van der Waals surface area contributed by atoms with E-state index < -0.39 is 0 Å². The number of aromatic nitrogens is 1. The summed E-state index contributed by atoms with van der Waals surface area (Å²) in [6, 6.07) is 10.6. The van der Waals surface area contributed by atoms with E-state index in [2.05, 4.69) is 60.9 Å². The number of anilines is 2. The normalized spacial score (nSPS) is 18.7. The van der Waals surface area contributed by atoms with Crippen LogP contribution in [-0.2, 0) is 11.2 Å². The van der Waals surface area contributed by atoms with Crippen molar-refractivity contribution >= 4 is 11.5 Å². The maximum atomic E-state index is 5.77. The SMILES string of the molecule is COC1N(C)c2nc(-c3ccc4c(c3)CCO4)ccc2N1CC(C)(C)C. The Bertz CT molecular complexity index is 828. The van der Waals surface area contributed by atoms with Crippen molar-refractivity contribution in [3.05, 3.63) is 35.9 Å². The molecule has 2 aliphatic rings. The van der Waals surface area contributed by atoms with Crippen molar-refractivity contribution in [1.29, 1.82) is 0 Å². The van der Waals surface area contributed by atoms with E-state index in [0.717, 1.165) is 48.1 Å². The summed E-state index contributed by atoms with van der Waals surface area (Å²) in [5.74, 6) is 1.97. The number of methoxy groups -OCH3 is 1. The van der Waals surface area contributed by atoms with Crippen LogP contribution in [0.1, 0.15) is 26.3 Å². The number of benzene rings is 1. The fourth-order valence-corrected chi connectivity index (χ4v) is 3.82. The van der Waals surface area contributed by atoms with Gasteiger partial charge in [0.2, 0.25) is 6.35 Å². The third kappa shape index (κ3) is 2.90. The van der Waals surface area contributed by atoms with Crippen molar-refractivity contribution in [2.45, 2.75) is 33.5 Å². The quantitative estimate of drug-likeness (QED) is 0.836. The lowest BCUT2D eigenvalue weighted by molar-refractivity contribution is 0.0995. The maximum absolute atomic E-state index is 5.77. The van der Waals surface area contributed by atoms with Crippen molar-refractivity contribution in [1.82, 2.24) is 4.98 Å². The Kier molecular flexibility index (Phi) is 4.07. The predicted octanol–water partition coefficient (Wildman–Crippen LogP) is 3.92. The molecule has 5 heteroatoms. The minimum atomic E-state index is -0.125. The fourth-order valence-electron chi connectivity index (χ4n) is 3.82. The van der Waals surface area contributed by atoms with Crippen LogP contribution in [0.3, 0.4) is 0 Å². The van der Waals surface area contributed by atoms with Gasteiger partial charge in [0.1, 0.15) is 5.75 Å². The van der Waals surface area contributed by atoms with Gasteiger partial charge in [0.15, 0.2) is 5.82 Å². The highest BCUT2D eigenvalue weighted by Gasteiger charge is 2.37. The fraction of sp³-hybridized carbons (Fsp3) is 0.476. The Balaban J connectivity index is 1.72. The lowest BCUT2D eigenvalue weighted by Crippen LogP contribution is -2.46. The number of pyridine rings is 1. The number of fused-ring (bicyclic) bond motifs is 2. The molecule has 0 saturated heterocycles. The minimum Gasteiger partial charge on any atom is -0.493 e. The zero-order valence-electron chi connectivity index (χ0n) is 16.2. The third-order valence-electron chi connectivity index (χ3n) is 4.94. The van der Waals surface area contributed by atoms with E-state index in [-0.39, 0.29) is 11.8 Å². The van der Waals surface area contributed by atoms with E-state index in [0.29, 0.717) is 0 Å². The summed E-state index contributed by atoms with van der Waals surface area (Å²) >= 11 is 0. The second kappa shape index (κ2) is 6.16. The Labute approximate surface area is 155 Å². The Hall–Kier alpha value is -2.27. The smallest absolute Gasteiger partial charge is 0.211 e. The number of rotatable bonds is 3. The first-order valence-corrected chi connectivity index (χ1v) is 9.17. The van der Waals surface area contributed by atoms with Gasteiger partial charge in [-0.3, -0.25) is 0 Å². The van der Waals surface area contributed by atoms with Crippen LogP contribution in [0, 0.1) is 5.41 Å². The lowest BCUT2D eigenvalue weighted by atomic mass is 9.96. The molecule has 0 bridgehead atoms. The lowest BCUT2D eigenvalue weighted by Gasteiger charge is -2.33. The summed E-state index contributed by atoms with van der Waals surface area (Å²) in [5.41, 5.74) is 4.67. The zero-order valence-corrected chi connectivity index (χ0v) is 16.2. The van der Waals surface area contributed by atoms with Gasteiger partial charge in [0, 0.05) is 32.7 Å². The van der Waals surface area contributed by atoms with Gasteiger partial charge in [-0.05, 0) is 41.3 Å². The monoisotopic (exact) mass is 353 g/mol. The van der Waals surface area contributed by atoms with Gasteiger partial charge in [-0.2, -0.15) is 0 Å². The molecule has 0 amide bonds. The second-order valence-electron chi connectivity index (χ2n) is 8.32. The highest BCUT2D eigenvalue weighted by atomic mass is 16.5. The van der Waals surface area contributed by atoms with Crippen LogP contribution >= 0.6 is 0 Å². The van der Waals surface area contributed by atoms with E-state index in [9.17, 15) is 0 Å². The molecule has 0 radical (unpaired) electrons. The average molecular weight is 353 g/mol. The van der Waals surface area contributed by atoms with Gasteiger partial charge < -0.3 is 19.3 Å². The molecule has 26 heavy (non-hydrogen) atoms. The van der Waals surface area contributed by atoms with Crippen LogP contribution in [0.15, 0.2) is 30.3 Å². The van der Waals surface area contributed by atoms with Gasteiger partial charge in [-0.15, -0.1) is 0 Å². The van der Waals surface area contributed by atoms with Crippen molar-refractivity contribution in [2.24, 2.45) is 5.41 Å². The molecular weight excluding hydrogens is 326 g/mol. The molecule has 1 atom stereocenters. The average Bonchev–Trinajstić information content (AvgIpc) is 3.16. The van der Waals surface area contributed by atoms with Crippen molar-refractivity contribution in [3.63, 3.8) is 0 Å². The molecule has 1 unspecified atom stereocenters. The summed E-state index contributed by atoms with van der Waals surface area (Å²) in [7, 11) is 3.80. The van der Waals surface area contributed by atoms with Gasteiger partial charge in [-0.25, -0.2) is 4.98 Å². The highest BCUT2D eigenvalue weighted by molar-refractivity contribution is 5.77. The van der Waals surface area contributed by atoms with Crippen molar-refractivity contribution in [3.8, 4) is 17.0 Å². The molecule has 1 aromatic heterocycles. The van der Waals surface area contributed by atoms with Crippen molar-refractivity contribution < 1.29 is 9.47 Å². The van der Waals surface area contributed by atoms with Crippen LogP contribution < -0.4 is 14.5 Å². The first kappa shape index (κ1) is 17.2. The van der Waals surface area contributed by atoms with Gasteiger partial charge in [0.25, 0.3) is 0 Å². The molecule has 1 aromatic carbocycles. The minimum absolute atomic E-state index is 0.125. The standard InChI is InChI=1S/C21H27N3O2/c1-21(2,3)13-24-17-8-7-16(22-19(17)23(4)20(24)25-5)14-6-9-18-15(12-14)10-11-26-18/h6-9,12,20H,10-11,13H2,1-5H3. The van der Waals surface area contributed by atoms with Crippen LogP contribution in [0.5, 0.6) is 5.75 Å². The second-order valence-corrected chi connectivity index (χ2v) is 8.32. The van der Waals surface area contributed by atoms with E-state index in [1.54, 1.807) is 7.11 Å². The van der Waals surface area contributed by atoms with Gasteiger partial charge >= 0.3 is 0 Å². The molecule has 0 fully saturated rings. The Morgan fingerprint density at radius 3 is 2.77 bits per heavy atom. The molecule has 2 aromatic rings. The molecule has 0 N–H and O–H groups in total. The zero-order chi connectivity index (χ0) is 18.5. The predicted molar refractivity (Wildman–Crippen MR) is 105 cm³/mol. The van der Waals surface area contributed by atoms with Crippen LogP contribution in [0.2, 0.25) is 0 Å². The molecule has 5 nitrogen and oxygen atoms in total. The van der Waals surface area contributed by atoms with Crippen molar-refractivity contribution in [2.75, 3.05) is 37.1 Å². The number of ether oxygens (including phenoxy) is 2. The number of hydrogen-bond donors (Lipinski definition) is 0. The molecule has 2 aliphatic heterocycles. The maximum Gasteiger partial charge on any atom is 0.211 e. The van der Waals surface area contributed by atoms with Gasteiger partial charge in [-0.1, -0.05) is 20.8 Å². The van der Waals surface area contributed by atoms with E-state index in [4.69, 9.17) is 14.5 Å². The summed E-state index contributed by atoms with van der Waals surface area (Å²) < 4.78 is 11.4. The molecule has 0 saturated carbocycles. The van der Waals surface area contributed by atoms with E-state index in [1.165, 1.54) is 5.56 Å². The molecule has 138 valence electrons. The summed E-state index contributed by atoms with van der Waals surface area (Å²) in [5, 5.41) is 0. The first-order chi connectivity index (χ1) is 12.4.